The number of hydrogen-bond donors (Lipinski definition) is 1. The smallest absolute Gasteiger partial charge is 0.504 e. The normalized spacial score (nSPS) is 12.9. The number of phenols is 1. The number of methoxy groups -OCH3 is 4. The minimum absolute atomic E-state index is 0.436. The molecule has 0 unspecified atom stereocenters. The van der Waals surface area contributed by atoms with Gasteiger partial charge in [0.25, 0.3) is 0 Å². The van der Waals surface area contributed by atoms with Crippen molar-refractivity contribution in [3.8, 4) is 51.7 Å². The van der Waals surface area contributed by atoms with Gasteiger partial charge < -0.3 is 47.7 Å². The SMILES string of the molecule is COC(=O)c1c(F)cc(OC(F)F)cc1F.[2H]C([2H])([2H])Oc1cc(OC(F)(F)F)ccc1O.[2H]C([2H])([2H])Oc1cc(OC(F)(F)F)ccc1Oc1cc(OC(F)F)cc(F)c1C(=O)OC. The first-order valence-corrected chi connectivity index (χ1v) is 14.6. The second-order valence-corrected chi connectivity index (χ2v) is 9.92. The maximum atomic E-state index is 14.4. The van der Waals surface area contributed by atoms with E-state index in [1.54, 1.807) is 0 Å². The lowest BCUT2D eigenvalue weighted by molar-refractivity contribution is -0.275. The van der Waals surface area contributed by atoms with Crippen LogP contribution in [0.15, 0.2) is 60.7 Å². The van der Waals surface area contributed by atoms with Crippen LogP contribution in [0.2, 0.25) is 0 Å². The van der Waals surface area contributed by atoms with Gasteiger partial charge in [0.2, 0.25) is 0 Å². The third-order valence-corrected chi connectivity index (χ3v) is 6.03. The Kier molecular flexibility index (Phi) is 14.1. The van der Waals surface area contributed by atoms with Gasteiger partial charge >= 0.3 is 37.9 Å². The average Bonchev–Trinajstić information content (AvgIpc) is 3.11. The Labute approximate surface area is 330 Å². The second-order valence-electron chi connectivity index (χ2n) is 9.92. The predicted molar refractivity (Wildman–Crippen MR) is 170 cm³/mol. The van der Waals surface area contributed by atoms with Gasteiger partial charge in [0.05, 0.1) is 36.5 Å². The van der Waals surface area contributed by atoms with Crippen LogP contribution < -0.4 is 33.2 Å². The van der Waals surface area contributed by atoms with E-state index in [1.165, 1.54) is 0 Å². The highest BCUT2D eigenvalue weighted by Crippen LogP contribution is 2.40. The molecule has 59 heavy (non-hydrogen) atoms. The van der Waals surface area contributed by atoms with Crippen molar-refractivity contribution in [3.63, 3.8) is 0 Å². The molecule has 0 radical (unpaired) electrons. The van der Waals surface area contributed by atoms with Crippen LogP contribution in [0, 0.1) is 17.5 Å². The first kappa shape index (κ1) is 39.2. The molecule has 12 nitrogen and oxygen atoms in total. The Bertz CT molecular complexity index is 2240. The van der Waals surface area contributed by atoms with Gasteiger partial charge in [-0.2, -0.15) is 17.6 Å². The molecule has 4 aromatic rings. The quantitative estimate of drug-likeness (QED) is 0.107. The minimum atomic E-state index is -5.12. The van der Waals surface area contributed by atoms with E-state index in [0.29, 0.717) is 42.5 Å². The van der Waals surface area contributed by atoms with Crippen molar-refractivity contribution in [2.45, 2.75) is 25.9 Å². The fraction of sp³-hybridized carbons (Fsp3) is 0.235. The molecule has 4 aromatic carbocycles. The van der Waals surface area contributed by atoms with Crippen LogP contribution >= 0.6 is 0 Å². The van der Waals surface area contributed by atoms with Crippen LogP contribution in [0.3, 0.4) is 0 Å². The number of benzene rings is 4. The highest BCUT2D eigenvalue weighted by molar-refractivity contribution is 5.93. The lowest BCUT2D eigenvalue weighted by atomic mass is 10.1. The maximum Gasteiger partial charge on any atom is 0.573 e. The summed E-state index contributed by atoms with van der Waals surface area (Å²) < 4.78 is 241. The molecule has 0 bridgehead atoms. The van der Waals surface area contributed by atoms with Crippen LogP contribution in [0.4, 0.5) is 57.1 Å². The van der Waals surface area contributed by atoms with E-state index in [4.69, 9.17) is 13.0 Å². The van der Waals surface area contributed by atoms with E-state index in [2.05, 4.69) is 37.9 Å². The monoisotopic (exact) mass is 878 g/mol. The second kappa shape index (κ2) is 21.2. The van der Waals surface area contributed by atoms with Crippen molar-refractivity contribution < 1.29 is 123 Å². The third kappa shape index (κ3) is 15.6. The Morgan fingerprint density at radius 1 is 0.576 bits per heavy atom. The first-order chi connectivity index (χ1) is 29.7. The standard InChI is InChI=1S/C17H12F6O6.C9H6F4O3.C8H7F3O3/c1-25-12-6-8(29-17(21,22)23)3-4-11(12)28-13-7-9(27-16(19)20)5-10(18)14(13)15(24)26-2;1-15-8(14)7-5(10)2-4(3-6(7)11)16-9(12)13;1-13-7-4-5(2-3-6(7)12)14-8(9,10)11/h3-7,16H,1-2H3;2-3,9H,1H3;2-4,12H,1H3/i1D3;;1D3. The lowest BCUT2D eigenvalue weighted by Gasteiger charge is -2.16. The number of hydrogen-bond acceptors (Lipinski definition) is 12. The van der Waals surface area contributed by atoms with Crippen molar-refractivity contribution in [2.75, 3.05) is 28.3 Å². The summed E-state index contributed by atoms with van der Waals surface area (Å²) in [5.41, 5.74) is -1.85. The summed E-state index contributed by atoms with van der Waals surface area (Å²) in [6.07, 6.45) is -10.0. The van der Waals surface area contributed by atoms with Crippen molar-refractivity contribution in [3.05, 3.63) is 89.2 Å². The molecule has 0 saturated carbocycles. The van der Waals surface area contributed by atoms with Gasteiger partial charge in [0, 0.05) is 36.4 Å². The van der Waals surface area contributed by atoms with Crippen LogP contribution in [0.5, 0.6) is 51.7 Å². The van der Waals surface area contributed by atoms with Crippen LogP contribution in [0.1, 0.15) is 28.9 Å². The summed E-state index contributed by atoms with van der Waals surface area (Å²) in [6.45, 7) is -6.58. The molecule has 0 heterocycles. The molecular weight excluding hydrogens is 847 g/mol. The van der Waals surface area contributed by atoms with E-state index in [9.17, 15) is 71.8 Å². The van der Waals surface area contributed by atoms with E-state index < -0.39 is 132 Å². The number of carbonyl (C=O) groups excluding carboxylic acids is 2. The minimum Gasteiger partial charge on any atom is -0.504 e. The van der Waals surface area contributed by atoms with Gasteiger partial charge in [-0.05, 0) is 24.3 Å². The first-order valence-electron chi connectivity index (χ1n) is 17.6. The van der Waals surface area contributed by atoms with Crippen molar-refractivity contribution >= 4 is 11.9 Å². The molecule has 0 aliphatic rings. The average molecular weight is 879 g/mol. The van der Waals surface area contributed by atoms with Crippen molar-refractivity contribution in [2.24, 2.45) is 0 Å². The summed E-state index contributed by atoms with van der Waals surface area (Å²) in [4.78, 5) is 22.8. The lowest BCUT2D eigenvalue weighted by Crippen LogP contribution is -2.17. The fourth-order valence-electron chi connectivity index (χ4n) is 3.87. The topological polar surface area (TPSA) is 137 Å². The Hall–Kier alpha value is -6.69. The highest BCUT2D eigenvalue weighted by atomic mass is 19.4. The van der Waals surface area contributed by atoms with Crippen molar-refractivity contribution in [1.82, 2.24) is 0 Å². The van der Waals surface area contributed by atoms with Crippen LogP contribution in [0.25, 0.3) is 0 Å². The summed E-state index contributed by atoms with van der Waals surface area (Å²) in [7, 11) is -4.24. The molecule has 0 aromatic heterocycles. The zero-order chi connectivity index (χ0) is 49.8. The highest BCUT2D eigenvalue weighted by Gasteiger charge is 2.32. The molecule has 25 heteroatoms. The zero-order valence-corrected chi connectivity index (χ0v) is 28.8. The molecule has 0 spiro atoms. The number of aromatic hydroxyl groups is 1. The summed E-state index contributed by atoms with van der Waals surface area (Å²) in [6, 6.07) is 6.29. The predicted octanol–water partition coefficient (Wildman–Crippen LogP) is 9.57. The summed E-state index contributed by atoms with van der Waals surface area (Å²) in [5, 5.41) is 9.18. The zero-order valence-electron chi connectivity index (χ0n) is 34.8. The molecule has 324 valence electrons. The Morgan fingerprint density at radius 3 is 1.44 bits per heavy atom. The molecule has 0 atom stereocenters. The molecule has 1 N–H and O–H groups in total. The molecule has 0 aliphatic heterocycles. The van der Waals surface area contributed by atoms with Gasteiger partial charge in [-0.1, -0.05) is 0 Å². The largest absolute Gasteiger partial charge is 0.573 e. The Morgan fingerprint density at radius 2 is 0.983 bits per heavy atom. The number of ether oxygens (including phenoxy) is 9. The molecule has 0 fully saturated rings. The molecule has 4 rings (SSSR count). The van der Waals surface area contributed by atoms with Gasteiger partial charge in [-0.25, -0.2) is 22.8 Å². The molecular formula is C34H25F13O12. The molecule has 0 saturated heterocycles. The van der Waals surface area contributed by atoms with Gasteiger partial charge in [0.1, 0.15) is 57.3 Å². The Balaban J connectivity index is 0.000000370. The number of alkyl halides is 10. The third-order valence-electron chi connectivity index (χ3n) is 6.03. The van der Waals surface area contributed by atoms with Crippen LogP contribution in [-0.2, 0) is 9.47 Å². The molecule has 0 amide bonds. The number of rotatable bonds is 12. The van der Waals surface area contributed by atoms with Crippen LogP contribution in [-0.4, -0.2) is 71.3 Å². The van der Waals surface area contributed by atoms with Gasteiger partial charge in [-0.3, -0.25) is 0 Å². The van der Waals surface area contributed by atoms with E-state index in [1.807, 2.05) is 0 Å². The van der Waals surface area contributed by atoms with Crippen molar-refractivity contribution in [1.29, 1.82) is 0 Å². The van der Waals surface area contributed by atoms with Gasteiger partial charge in [-0.15, -0.1) is 26.3 Å². The van der Waals surface area contributed by atoms with Gasteiger partial charge in [0.15, 0.2) is 23.0 Å². The number of esters is 2. The fourth-order valence-corrected chi connectivity index (χ4v) is 3.87. The maximum absolute atomic E-state index is 14.4. The van der Waals surface area contributed by atoms with E-state index >= 15 is 0 Å². The van der Waals surface area contributed by atoms with E-state index in [-0.39, 0.29) is 0 Å². The summed E-state index contributed by atoms with van der Waals surface area (Å²) in [5.74, 6) is -13.1. The molecule has 0 aliphatic carbocycles. The number of phenolic OH excluding ortho intramolecular Hbond substituents is 1. The number of carbonyl (C=O) groups is 2. The summed E-state index contributed by atoms with van der Waals surface area (Å²) >= 11 is 0. The number of halogens is 13. The van der Waals surface area contributed by atoms with E-state index in [0.717, 1.165) is 32.4 Å².